The highest BCUT2D eigenvalue weighted by atomic mass is 127. The molecule has 0 amide bonds. The van der Waals surface area contributed by atoms with Crippen LogP contribution in [0, 0.1) is 17.3 Å². The van der Waals surface area contributed by atoms with Crippen LogP contribution in [0.25, 0.3) is 17.2 Å². The van der Waals surface area contributed by atoms with Gasteiger partial charge >= 0.3 is 5.97 Å². The Morgan fingerprint density at radius 1 is 0.868 bits per heavy atom. The van der Waals surface area contributed by atoms with Crippen molar-refractivity contribution in [1.82, 2.24) is 0 Å². The summed E-state index contributed by atoms with van der Waals surface area (Å²) in [6, 6.07) is 27.8. The summed E-state index contributed by atoms with van der Waals surface area (Å²) in [4.78, 5) is 27.4. The van der Waals surface area contributed by atoms with Crippen molar-refractivity contribution in [1.29, 1.82) is 0 Å². The van der Waals surface area contributed by atoms with E-state index in [1.165, 1.54) is 12.1 Å². The molecular formula is C29H18I2N2O5. The van der Waals surface area contributed by atoms with E-state index in [2.05, 4.69) is 50.2 Å². The number of halogens is 2. The number of esters is 1. The predicted molar refractivity (Wildman–Crippen MR) is 162 cm³/mol. The van der Waals surface area contributed by atoms with Gasteiger partial charge in [0.05, 0.1) is 12.1 Å². The molecule has 0 atom stereocenters. The van der Waals surface area contributed by atoms with Gasteiger partial charge in [-0.1, -0.05) is 42.5 Å². The Kier molecular flexibility index (Phi) is 7.84. The Labute approximate surface area is 245 Å². The van der Waals surface area contributed by atoms with Crippen molar-refractivity contribution < 1.29 is 19.2 Å². The largest absolute Gasteiger partial charge is 0.487 e. The second-order valence-corrected chi connectivity index (χ2v) is 10.6. The molecule has 0 aliphatic carbocycles. The Morgan fingerprint density at radius 3 is 2.11 bits per heavy atom. The van der Waals surface area contributed by atoms with Gasteiger partial charge in [-0.25, -0.2) is 9.79 Å². The summed E-state index contributed by atoms with van der Waals surface area (Å²) >= 11 is 4.36. The van der Waals surface area contributed by atoms with Crippen LogP contribution in [0.2, 0.25) is 0 Å². The molecule has 0 aromatic heterocycles. The van der Waals surface area contributed by atoms with Gasteiger partial charge in [-0.15, -0.1) is 0 Å². The van der Waals surface area contributed by atoms with E-state index >= 15 is 0 Å². The van der Waals surface area contributed by atoms with Crippen molar-refractivity contribution in [2.75, 3.05) is 0 Å². The van der Waals surface area contributed by atoms with Crippen LogP contribution in [0.15, 0.2) is 102 Å². The Bertz CT molecular complexity index is 1560. The number of hydrogen-bond acceptors (Lipinski definition) is 6. The van der Waals surface area contributed by atoms with Crippen LogP contribution in [-0.2, 0) is 16.1 Å². The topological polar surface area (TPSA) is 91.0 Å². The maximum absolute atomic E-state index is 12.5. The molecule has 9 heteroatoms. The maximum atomic E-state index is 12.5. The molecule has 1 aliphatic rings. The quantitative estimate of drug-likeness (QED) is 0.0651. The molecule has 0 spiro atoms. The minimum absolute atomic E-state index is 0.0377. The van der Waals surface area contributed by atoms with Gasteiger partial charge in [0.15, 0.2) is 5.70 Å². The number of ether oxygens (including phenoxy) is 2. The van der Waals surface area contributed by atoms with E-state index in [1.807, 2.05) is 66.7 Å². The normalized spacial score (nSPS) is 13.8. The molecule has 4 aromatic rings. The Morgan fingerprint density at radius 2 is 1.47 bits per heavy atom. The third kappa shape index (κ3) is 5.94. The fourth-order valence-electron chi connectivity index (χ4n) is 3.80. The second kappa shape index (κ2) is 11.4. The molecule has 1 aliphatic heterocycles. The molecule has 1 heterocycles. The smallest absolute Gasteiger partial charge is 0.363 e. The summed E-state index contributed by atoms with van der Waals surface area (Å²) in [5.41, 5.74) is 4.76. The second-order valence-electron chi connectivity index (χ2n) is 8.31. The highest BCUT2D eigenvalue weighted by molar-refractivity contribution is 14.1. The molecule has 4 aromatic carbocycles. The highest BCUT2D eigenvalue weighted by Crippen LogP contribution is 2.31. The van der Waals surface area contributed by atoms with E-state index in [0.29, 0.717) is 5.75 Å². The van der Waals surface area contributed by atoms with Gasteiger partial charge in [-0.3, -0.25) is 10.1 Å². The van der Waals surface area contributed by atoms with Crippen molar-refractivity contribution in [3.63, 3.8) is 0 Å². The monoisotopic (exact) mass is 728 g/mol. The number of cyclic esters (lactones) is 1. The van der Waals surface area contributed by atoms with Gasteiger partial charge in [0.1, 0.15) is 12.4 Å². The predicted octanol–water partition coefficient (Wildman–Crippen LogP) is 7.39. The number of nitro benzene ring substituents is 1. The SMILES string of the molecule is O=C1OC(c2ccc(-c3ccccc3)cc2)=N/C1=C\c1cc(I)c(OCc2ccc([N+](=O)[O-])cc2)c(I)c1. The third-order valence-electron chi connectivity index (χ3n) is 5.71. The Hall–Kier alpha value is -3.58. The van der Waals surface area contributed by atoms with E-state index in [4.69, 9.17) is 9.47 Å². The molecule has 0 bridgehead atoms. The average Bonchev–Trinajstić information content (AvgIpc) is 3.29. The molecule has 38 heavy (non-hydrogen) atoms. The Balaban J connectivity index is 1.31. The van der Waals surface area contributed by atoms with Crippen LogP contribution < -0.4 is 4.74 Å². The number of rotatable bonds is 7. The molecule has 0 saturated carbocycles. The van der Waals surface area contributed by atoms with Gasteiger partial charge in [-0.05, 0) is 110 Å². The number of carbonyl (C=O) groups excluding carboxylic acids is 1. The minimum Gasteiger partial charge on any atom is -0.487 e. The third-order valence-corrected chi connectivity index (χ3v) is 7.32. The van der Waals surface area contributed by atoms with Crippen LogP contribution in [0.1, 0.15) is 16.7 Å². The molecule has 0 unspecified atom stereocenters. The zero-order valence-electron chi connectivity index (χ0n) is 19.6. The summed E-state index contributed by atoms with van der Waals surface area (Å²) < 4.78 is 13.2. The zero-order chi connectivity index (χ0) is 26.6. The molecule has 0 radical (unpaired) electrons. The van der Waals surface area contributed by atoms with Crippen LogP contribution >= 0.6 is 45.2 Å². The zero-order valence-corrected chi connectivity index (χ0v) is 24.0. The molecule has 7 nitrogen and oxygen atoms in total. The first-order valence-electron chi connectivity index (χ1n) is 11.4. The van der Waals surface area contributed by atoms with Gasteiger partial charge in [0.2, 0.25) is 5.90 Å². The number of aliphatic imine (C=N–C) groups is 1. The average molecular weight is 728 g/mol. The first-order valence-corrected chi connectivity index (χ1v) is 13.6. The lowest BCUT2D eigenvalue weighted by Crippen LogP contribution is -2.05. The molecule has 188 valence electrons. The maximum Gasteiger partial charge on any atom is 0.363 e. The first kappa shape index (κ1) is 26.0. The lowest BCUT2D eigenvalue weighted by molar-refractivity contribution is -0.384. The highest BCUT2D eigenvalue weighted by Gasteiger charge is 2.24. The van der Waals surface area contributed by atoms with Crippen LogP contribution in [-0.4, -0.2) is 16.8 Å². The van der Waals surface area contributed by atoms with Crippen molar-refractivity contribution in [2.45, 2.75) is 6.61 Å². The first-order chi connectivity index (χ1) is 18.4. The lowest BCUT2D eigenvalue weighted by atomic mass is 10.0. The van der Waals surface area contributed by atoms with E-state index in [9.17, 15) is 14.9 Å². The lowest BCUT2D eigenvalue weighted by Gasteiger charge is -2.11. The van der Waals surface area contributed by atoms with Gasteiger partial charge in [0, 0.05) is 17.7 Å². The van der Waals surface area contributed by atoms with Crippen LogP contribution in [0.5, 0.6) is 5.75 Å². The fraction of sp³-hybridized carbons (Fsp3) is 0.0345. The summed E-state index contributed by atoms with van der Waals surface area (Å²) in [5, 5.41) is 10.8. The van der Waals surface area contributed by atoms with Crippen LogP contribution in [0.3, 0.4) is 0 Å². The number of benzene rings is 4. The van der Waals surface area contributed by atoms with E-state index in [-0.39, 0.29) is 23.9 Å². The molecule has 5 rings (SSSR count). The van der Waals surface area contributed by atoms with Gasteiger partial charge in [0.25, 0.3) is 5.69 Å². The van der Waals surface area contributed by atoms with E-state index < -0.39 is 10.9 Å². The van der Waals surface area contributed by atoms with Gasteiger partial charge in [-0.2, -0.15) is 0 Å². The molecule has 0 fully saturated rings. The fourth-order valence-corrected chi connectivity index (χ4v) is 5.92. The van der Waals surface area contributed by atoms with Crippen molar-refractivity contribution in [3.8, 4) is 16.9 Å². The number of carbonyl (C=O) groups is 1. The van der Waals surface area contributed by atoms with Gasteiger partial charge < -0.3 is 9.47 Å². The van der Waals surface area contributed by atoms with Crippen molar-refractivity contribution in [3.05, 3.63) is 131 Å². The summed E-state index contributed by atoms with van der Waals surface area (Å²) in [5.74, 6) is 0.465. The summed E-state index contributed by atoms with van der Waals surface area (Å²) in [6.07, 6.45) is 1.69. The van der Waals surface area contributed by atoms with Crippen LogP contribution in [0.4, 0.5) is 5.69 Å². The van der Waals surface area contributed by atoms with Crippen molar-refractivity contribution in [2.24, 2.45) is 4.99 Å². The molecular weight excluding hydrogens is 710 g/mol. The number of nitro groups is 1. The van der Waals surface area contributed by atoms with E-state index in [1.54, 1.807) is 18.2 Å². The minimum atomic E-state index is -0.504. The van der Waals surface area contributed by atoms with Crippen molar-refractivity contribution >= 4 is 68.8 Å². The summed E-state index contributed by atoms with van der Waals surface area (Å²) in [6.45, 7) is 0.271. The standard InChI is InChI=1S/C29H18I2N2O5/c30-24-14-19(15-25(31)27(24)37-17-18-6-12-23(13-7-18)33(35)36)16-26-29(34)38-28(32-26)22-10-8-21(9-11-22)20-4-2-1-3-5-20/h1-16H,17H2/b26-16-. The number of non-ortho nitro benzene ring substituents is 1. The number of hydrogen-bond donors (Lipinski definition) is 0. The molecule has 0 N–H and O–H groups in total. The summed E-state index contributed by atoms with van der Waals surface area (Å²) in [7, 11) is 0. The van der Waals surface area contributed by atoms with E-state index in [0.717, 1.165) is 35.0 Å². The number of nitrogens with zero attached hydrogens (tertiary/aromatic N) is 2. The molecule has 0 saturated heterocycles.